The number of ether oxygens (including phenoxy) is 1. The molecule has 0 unspecified atom stereocenters. The van der Waals surface area contributed by atoms with Crippen LogP contribution in [0.4, 0.5) is 24.0 Å². The summed E-state index contributed by atoms with van der Waals surface area (Å²) in [6.45, 7) is -1.36. The Bertz CT molecular complexity index is 1270. The van der Waals surface area contributed by atoms with E-state index in [-0.39, 0.29) is 5.75 Å². The Morgan fingerprint density at radius 2 is 1.84 bits per heavy atom. The molecule has 0 aliphatic carbocycles. The number of alkyl halides is 2. The van der Waals surface area contributed by atoms with Crippen molar-refractivity contribution in [2.75, 3.05) is 4.90 Å². The number of fused-ring (bicyclic) bond motifs is 1. The number of aryl methyl sites for hydroxylation is 1. The second-order valence-corrected chi connectivity index (χ2v) is 7.83. The van der Waals surface area contributed by atoms with Crippen molar-refractivity contribution in [1.82, 2.24) is 4.98 Å². The molecule has 0 spiro atoms. The Morgan fingerprint density at radius 1 is 1.09 bits per heavy atom. The molecule has 0 bridgehead atoms. The van der Waals surface area contributed by atoms with Gasteiger partial charge in [0.1, 0.15) is 11.6 Å². The maximum Gasteiger partial charge on any atom is 0.387 e. The molecule has 1 aromatic heterocycles. The monoisotopic (exact) mass is 454 g/mol. The lowest BCUT2D eigenvalue weighted by Crippen LogP contribution is -2.23. The van der Waals surface area contributed by atoms with Gasteiger partial charge in [-0.1, -0.05) is 47.7 Å². The van der Waals surface area contributed by atoms with E-state index in [0.717, 1.165) is 4.70 Å². The molecule has 4 aromatic rings. The number of nitrogens with zero attached hydrogens (tertiary/aromatic N) is 2. The molecule has 162 valence electrons. The number of amides is 1. The zero-order chi connectivity index (χ0) is 22.7. The van der Waals surface area contributed by atoms with E-state index in [1.807, 2.05) is 24.3 Å². The van der Waals surface area contributed by atoms with Crippen molar-refractivity contribution in [2.24, 2.45) is 0 Å². The highest BCUT2D eigenvalue weighted by Gasteiger charge is 2.21. The predicted octanol–water partition coefficient (Wildman–Crippen LogP) is 6.72. The maximum absolute atomic E-state index is 14.3. The van der Waals surface area contributed by atoms with E-state index in [9.17, 15) is 18.0 Å². The molecule has 0 radical (unpaired) electrons. The average molecular weight is 454 g/mol. The highest BCUT2D eigenvalue weighted by molar-refractivity contribution is 7.22. The number of carbonyl (C=O) groups is 1. The molecule has 0 atom stereocenters. The Hall–Kier alpha value is -3.65. The first-order chi connectivity index (χ1) is 15.4. The maximum atomic E-state index is 14.3. The Balaban J connectivity index is 1.74. The van der Waals surface area contributed by atoms with Crippen LogP contribution in [0.15, 0.2) is 72.8 Å². The van der Waals surface area contributed by atoms with Gasteiger partial charge in [-0.25, -0.2) is 9.37 Å². The van der Waals surface area contributed by atoms with Crippen LogP contribution < -0.4 is 9.64 Å². The van der Waals surface area contributed by atoms with Crippen molar-refractivity contribution >= 4 is 44.4 Å². The molecule has 0 fully saturated rings. The molecule has 0 aliphatic rings. The van der Waals surface area contributed by atoms with Crippen molar-refractivity contribution in [2.45, 2.75) is 13.5 Å². The van der Waals surface area contributed by atoms with E-state index in [0.29, 0.717) is 27.5 Å². The summed E-state index contributed by atoms with van der Waals surface area (Å²) in [6.07, 6.45) is 2.60. The standard InChI is InChI=1S/C24H17F3N2O2S/c1-15-10-12-17(14-18(15)25)29(24-28-19-7-3-5-9-21(19)32-24)22(30)13-11-16-6-2-4-8-20(16)31-23(26)27/h2-14,23H,1H3/b13-11+. The van der Waals surface area contributed by atoms with Crippen molar-refractivity contribution in [3.63, 3.8) is 0 Å². The van der Waals surface area contributed by atoms with Crippen LogP contribution in [0.25, 0.3) is 16.3 Å². The zero-order valence-electron chi connectivity index (χ0n) is 16.8. The molecule has 1 heterocycles. The molecule has 8 heteroatoms. The fourth-order valence-corrected chi connectivity index (χ4v) is 4.06. The van der Waals surface area contributed by atoms with Crippen LogP contribution in [0, 0.1) is 12.7 Å². The zero-order valence-corrected chi connectivity index (χ0v) is 17.7. The quantitative estimate of drug-likeness (QED) is 0.304. The van der Waals surface area contributed by atoms with Gasteiger partial charge in [0.25, 0.3) is 5.91 Å². The molecule has 3 aromatic carbocycles. The van der Waals surface area contributed by atoms with Gasteiger partial charge in [-0.15, -0.1) is 0 Å². The number of benzene rings is 3. The van der Waals surface area contributed by atoms with Crippen LogP contribution in [-0.2, 0) is 4.79 Å². The molecule has 4 rings (SSSR count). The smallest absolute Gasteiger partial charge is 0.387 e. The fourth-order valence-electron chi connectivity index (χ4n) is 3.07. The lowest BCUT2D eigenvalue weighted by Gasteiger charge is -2.19. The summed E-state index contributed by atoms with van der Waals surface area (Å²) in [4.78, 5) is 19.0. The van der Waals surface area contributed by atoms with Gasteiger partial charge in [0.15, 0.2) is 5.13 Å². The van der Waals surface area contributed by atoms with E-state index in [2.05, 4.69) is 9.72 Å². The van der Waals surface area contributed by atoms with Crippen LogP contribution >= 0.6 is 11.3 Å². The topological polar surface area (TPSA) is 42.4 Å². The van der Waals surface area contributed by atoms with Crippen molar-refractivity contribution in [3.05, 3.63) is 89.8 Å². The number of para-hydroxylation sites is 2. The van der Waals surface area contributed by atoms with Crippen LogP contribution in [0.1, 0.15) is 11.1 Å². The van der Waals surface area contributed by atoms with Crippen LogP contribution in [-0.4, -0.2) is 17.5 Å². The number of aromatic nitrogens is 1. The lowest BCUT2D eigenvalue weighted by atomic mass is 10.1. The number of rotatable bonds is 6. The summed E-state index contributed by atoms with van der Waals surface area (Å²) in [5.74, 6) is -1.03. The molecule has 0 saturated carbocycles. The first kappa shape index (κ1) is 21.6. The minimum atomic E-state index is -2.99. The first-order valence-corrected chi connectivity index (χ1v) is 10.4. The third kappa shape index (κ3) is 4.65. The summed E-state index contributed by atoms with van der Waals surface area (Å²) in [6, 6.07) is 18.0. The number of carbonyl (C=O) groups excluding carboxylic acids is 1. The van der Waals surface area contributed by atoms with Crippen molar-refractivity contribution in [1.29, 1.82) is 0 Å². The summed E-state index contributed by atoms with van der Waals surface area (Å²) >= 11 is 1.29. The molecule has 0 aliphatic heterocycles. The first-order valence-electron chi connectivity index (χ1n) is 9.60. The molecular formula is C24H17F3N2O2S. The van der Waals surface area contributed by atoms with Gasteiger partial charge in [-0.2, -0.15) is 8.78 Å². The van der Waals surface area contributed by atoms with Gasteiger partial charge in [-0.05, 0) is 48.9 Å². The molecule has 1 amide bonds. The highest BCUT2D eigenvalue weighted by atomic mass is 32.1. The predicted molar refractivity (Wildman–Crippen MR) is 120 cm³/mol. The summed E-state index contributed by atoms with van der Waals surface area (Å²) < 4.78 is 45.0. The average Bonchev–Trinajstić information content (AvgIpc) is 3.19. The fraction of sp³-hybridized carbons (Fsp3) is 0.0833. The van der Waals surface area contributed by atoms with Gasteiger partial charge in [-0.3, -0.25) is 9.69 Å². The largest absolute Gasteiger partial charge is 0.434 e. The molecular weight excluding hydrogens is 437 g/mol. The number of hydrogen-bond acceptors (Lipinski definition) is 4. The van der Waals surface area contributed by atoms with Crippen LogP contribution in [0.3, 0.4) is 0 Å². The normalized spacial score (nSPS) is 11.4. The summed E-state index contributed by atoms with van der Waals surface area (Å²) in [5, 5.41) is 0.362. The van der Waals surface area contributed by atoms with E-state index in [1.165, 1.54) is 40.5 Å². The molecule has 0 saturated heterocycles. The Kier molecular flexibility index (Phi) is 6.23. The lowest BCUT2D eigenvalue weighted by molar-refractivity contribution is -0.113. The minimum Gasteiger partial charge on any atom is -0.434 e. The Morgan fingerprint density at radius 3 is 2.59 bits per heavy atom. The van der Waals surface area contributed by atoms with Crippen LogP contribution in [0.5, 0.6) is 5.75 Å². The van der Waals surface area contributed by atoms with E-state index in [1.54, 1.807) is 37.3 Å². The van der Waals surface area contributed by atoms with Crippen LogP contribution in [0.2, 0.25) is 0 Å². The van der Waals surface area contributed by atoms with E-state index in [4.69, 9.17) is 0 Å². The highest BCUT2D eigenvalue weighted by Crippen LogP contribution is 2.34. The second-order valence-electron chi connectivity index (χ2n) is 6.82. The second kappa shape index (κ2) is 9.23. The molecule has 32 heavy (non-hydrogen) atoms. The van der Waals surface area contributed by atoms with E-state index < -0.39 is 18.3 Å². The van der Waals surface area contributed by atoms with Crippen molar-refractivity contribution in [3.8, 4) is 5.75 Å². The van der Waals surface area contributed by atoms with Gasteiger partial charge >= 0.3 is 6.61 Å². The summed E-state index contributed by atoms with van der Waals surface area (Å²) in [5.41, 5.74) is 1.76. The Labute approximate surface area is 186 Å². The molecule has 4 nitrogen and oxygen atoms in total. The third-order valence-corrected chi connectivity index (χ3v) is 5.67. The van der Waals surface area contributed by atoms with Gasteiger partial charge < -0.3 is 4.74 Å². The number of hydrogen-bond donors (Lipinski definition) is 0. The van der Waals surface area contributed by atoms with Gasteiger partial charge in [0.2, 0.25) is 0 Å². The molecule has 0 N–H and O–H groups in total. The van der Waals surface area contributed by atoms with E-state index >= 15 is 0 Å². The van der Waals surface area contributed by atoms with Gasteiger partial charge in [0, 0.05) is 11.6 Å². The third-order valence-electron chi connectivity index (χ3n) is 4.65. The van der Waals surface area contributed by atoms with Crippen molar-refractivity contribution < 1.29 is 22.7 Å². The minimum absolute atomic E-state index is 0.0560. The van der Waals surface area contributed by atoms with Gasteiger partial charge in [0.05, 0.1) is 15.9 Å². The summed E-state index contributed by atoms with van der Waals surface area (Å²) in [7, 11) is 0. The SMILES string of the molecule is Cc1ccc(N(C(=O)/C=C/c2ccccc2OC(F)F)c2nc3ccccc3s2)cc1F. The number of thiazole rings is 1. The number of anilines is 2. The number of halogens is 3.